The Morgan fingerprint density at radius 3 is 2.68 bits per heavy atom. The van der Waals surface area contributed by atoms with Gasteiger partial charge in [-0.3, -0.25) is 4.79 Å². The second kappa shape index (κ2) is 8.22. The van der Waals surface area contributed by atoms with E-state index in [0.717, 1.165) is 44.8 Å². The summed E-state index contributed by atoms with van der Waals surface area (Å²) in [6.45, 7) is 4.51. The van der Waals surface area contributed by atoms with Crippen molar-refractivity contribution in [1.29, 1.82) is 0 Å². The lowest BCUT2D eigenvalue weighted by atomic mass is 9.95. The summed E-state index contributed by atoms with van der Waals surface area (Å²) in [4.78, 5) is 21.6. The van der Waals surface area contributed by atoms with Crippen LogP contribution in [0.25, 0.3) is 0 Å². The normalized spacial score (nSPS) is 17.2. The van der Waals surface area contributed by atoms with Crippen LogP contribution in [0.15, 0.2) is 30.6 Å². The molecule has 28 heavy (non-hydrogen) atoms. The number of nitrogens with zero attached hydrogens (tertiary/aromatic N) is 4. The Balaban J connectivity index is 1.38. The van der Waals surface area contributed by atoms with Crippen molar-refractivity contribution in [2.45, 2.75) is 25.3 Å². The van der Waals surface area contributed by atoms with Crippen LogP contribution < -0.4 is 9.47 Å². The lowest BCUT2D eigenvalue weighted by Crippen LogP contribution is -2.38. The average molecular weight is 384 g/mol. The molecule has 2 aliphatic heterocycles. The van der Waals surface area contributed by atoms with E-state index in [1.54, 1.807) is 6.07 Å². The quantitative estimate of drug-likeness (QED) is 0.791. The maximum Gasteiger partial charge on any atom is 0.253 e. The summed E-state index contributed by atoms with van der Waals surface area (Å²) < 4.78 is 13.4. The number of ether oxygens (including phenoxy) is 2. The van der Waals surface area contributed by atoms with Gasteiger partial charge in [-0.05, 0) is 45.1 Å². The number of aromatic nitrogens is 2. The molecule has 0 spiro atoms. The van der Waals surface area contributed by atoms with Gasteiger partial charge in [0.25, 0.3) is 5.91 Å². The molecule has 0 radical (unpaired) electrons. The van der Waals surface area contributed by atoms with Crippen LogP contribution in [0.1, 0.15) is 34.9 Å². The van der Waals surface area contributed by atoms with Gasteiger partial charge in [-0.15, -0.1) is 0 Å². The lowest BCUT2D eigenvalue weighted by molar-refractivity contribution is 0.0709. The van der Waals surface area contributed by atoms with Gasteiger partial charge < -0.3 is 23.8 Å². The Morgan fingerprint density at radius 1 is 1.18 bits per heavy atom. The monoisotopic (exact) mass is 384 g/mol. The van der Waals surface area contributed by atoms with E-state index in [1.807, 2.05) is 23.2 Å². The number of benzene rings is 1. The van der Waals surface area contributed by atoms with Crippen molar-refractivity contribution in [2.75, 3.05) is 46.9 Å². The number of imidazole rings is 1. The summed E-state index contributed by atoms with van der Waals surface area (Å²) in [6, 6.07) is 5.46. The van der Waals surface area contributed by atoms with Crippen molar-refractivity contribution in [3.8, 4) is 11.5 Å². The highest BCUT2D eigenvalue weighted by Gasteiger charge is 2.27. The van der Waals surface area contributed by atoms with Crippen LogP contribution >= 0.6 is 0 Å². The number of carbonyl (C=O) groups is 1. The number of fused-ring (bicyclic) bond motifs is 1. The highest BCUT2D eigenvalue weighted by molar-refractivity contribution is 5.95. The Morgan fingerprint density at radius 2 is 1.93 bits per heavy atom. The zero-order valence-electron chi connectivity index (χ0n) is 16.6. The summed E-state index contributed by atoms with van der Waals surface area (Å²) in [5, 5.41) is 0. The second-order valence-corrected chi connectivity index (χ2v) is 7.71. The van der Waals surface area contributed by atoms with Crippen LogP contribution in [-0.4, -0.2) is 72.2 Å². The molecule has 0 N–H and O–H groups in total. The van der Waals surface area contributed by atoms with Crippen molar-refractivity contribution in [2.24, 2.45) is 0 Å². The Labute approximate surface area is 165 Å². The largest absolute Gasteiger partial charge is 0.486 e. The number of amides is 1. The fourth-order valence-corrected chi connectivity index (χ4v) is 3.88. The molecule has 4 rings (SSSR count). The molecule has 3 heterocycles. The molecule has 0 atom stereocenters. The minimum Gasteiger partial charge on any atom is -0.486 e. The number of hydrogen-bond donors (Lipinski definition) is 0. The summed E-state index contributed by atoms with van der Waals surface area (Å²) in [7, 11) is 4.16. The van der Waals surface area contributed by atoms with Crippen molar-refractivity contribution < 1.29 is 14.3 Å². The van der Waals surface area contributed by atoms with Gasteiger partial charge in [0.15, 0.2) is 11.5 Å². The highest BCUT2D eigenvalue weighted by Crippen LogP contribution is 2.32. The molecule has 2 aliphatic rings. The molecule has 7 nitrogen and oxygen atoms in total. The van der Waals surface area contributed by atoms with Gasteiger partial charge in [-0.1, -0.05) is 0 Å². The smallest absolute Gasteiger partial charge is 0.253 e. The third-order valence-electron chi connectivity index (χ3n) is 5.47. The van der Waals surface area contributed by atoms with Gasteiger partial charge >= 0.3 is 0 Å². The predicted octanol–water partition coefficient (Wildman–Crippen LogP) is 2.24. The molecular formula is C21H28N4O3. The van der Waals surface area contributed by atoms with Crippen LogP contribution in [0.5, 0.6) is 11.5 Å². The molecule has 1 saturated heterocycles. The van der Waals surface area contributed by atoms with E-state index in [0.29, 0.717) is 36.2 Å². The molecule has 0 unspecified atom stereocenters. The molecule has 1 amide bonds. The van der Waals surface area contributed by atoms with Crippen LogP contribution in [0.3, 0.4) is 0 Å². The third kappa shape index (κ3) is 3.99. The maximum absolute atomic E-state index is 12.9. The summed E-state index contributed by atoms with van der Waals surface area (Å²) in [6.07, 6.45) is 5.83. The lowest BCUT2D eigenvalue weighted by Gasteiger charge is -2.32. The minimum absolute atomic E-state index is 0.0615. The molecule has 150 valence electrons. The van der Waals surface area contributed by atoms with Gasteiger partial charge in [-0.2, -0.15) is 0 Å². The molecule has 0 saturated carbocycles. The van der Waals surface area contributed by atoms with Crippen LogP contribution in [0.4, 0.5) is 0 Å². The van der Waals surface area contributed by atoms with E-state index in [4.69, 9.17) is 9.47 Å². The van der Waals surface area contributed by atoms with E-state index in [-0.39, 0.29) is 5.91 Å². The van der Waals surface area contributed by atoms with Crippen molar-refractivity contribution in [3.05, 3.63) is 42.0 Å². The maximum atomic E-state index is 12.9. The SMILES string of the molecule is CN(C)CCn1ccnc1C1CCN(C(=O)c2ccc3c(c2)OCCO3)CC1. The number of likely N-dealkylation sites (tertiary alicyclic amines) is 1. The predicted molar refractivity (Wildman–Crippen MR) is 106 cm³/mol. The molecule has 7 heteroatoms. The van der Waals surface area contributed by atoms with Crippen LogP contribution in [0.2, 0.25) is 0 Å². The third-order valence-corrected chi connectivity index (χ3v) is 5.47. The zero-order valence-corrected chi connectivity index (χ0v) is 16.6. The molecule has 1 fully saturated rings. The molecule has 0 bridgehead atoms. The fraction of sp³-hybridized carbons (Fsp3) is 0.524. The van der Waals surface area contributed by atoms with Gasteiger partial charge in [0.1, 0.15) is 19.0 Å². The zero-order chi connectivity index (χ0) is 19.5. The first-order chi connectivity index (χ1) is 13.6. The Bertz CT molecular complexity index is 825. The summed E-state index contributed by atoms with van der Waals surface area (Å²) >= 11 is 0. The number of piperidine rings is 1. The first-order valence-electron chi connectivity index (χ1n) is 9.96. The minimum atomic E-state index is 0.0615. The van der Waals surface area contributed by atoms with E-state index in [9.17, 15) is 4.79 Å². The first kappa shape index (κ1) is 18.8. The van der Waals surface area contributed by atoms with Gasteiger partial charge in [-0.25, -0.2) is 4.98 Å². The van der Waals surface area contributed by atoms with E-state index in [1.165, 1.54) is 0 Å². The van der Waals surface area contributed by atoms with Gasteiger partial charge in [0.2, 0.25) is 0 Å². The average Bonchev–Trinajstić information content (AvgIpc) is 3.20. The first-order valence-corrected chi connectivity index (χ1v) is 9.96. The highest BCUT2D eigenvalue weighted by atomic mass is 16.6. The summed E-state index contributed by atoms with van der Waals surface area (Å²) in [5.74, 6) is 2.99. The second-order valence-electron chi connectivity index (χ2n) is 7.71. The van der Waals surface area contributed by atoms with Gasteiger partial charge in [0, 0.05) is 50.1 Å². The van der Waals surface area contributed by atoms with E-state index in [2.05, 4.69) is 34.7 Å². The number of hydrogen-bond acceptors (Lipinski definition) is 5. The molecule has 0 aliphatic carbocycles. The molecule has 1 aromatic carbocycles. The number of rotatable bonds is 5. The van der Waals surface area contributed by atoms with Crippen LogP contribution in [0, 0.1) is 0 Å². The van der Waals surface area contributed by atoms with E-state index >= 15 is 0 Å². The molecule has 2 aromatic rings. The number of carbonyl (C=O) groups excluding carboxylic acids is 1. The standard InChI is InChI=1S/C21H28N4O3/c1-23(2)11-12-24-10-7-22-20(24)16-5-8-25(9-6-16)21(26)17-3-4-18-19(15-17)28-14-13-27-18/h3-4,7,10,15-16H,5-6,8-9,11-14H2,1-2H3. The Kier molecular flexibility index (Phi) is 5.52. The Hall–Kier alpha value is -2.54. The van der Waals surface area contributed by atoms with Crippen molar-refractivity contribution in [1.82, 2.24) is 19.4 Å². The van der Waals surface area contributed by atoms with Crippen LogP contribution in [-0.2, 0) is 6.54 Å². The van der Waals surface area contributed by atoms with Crippen molar-refractivity contribution >= 4 is 5.91 Å². The fourth-order valence-electron chi connectivity index (χ4n) is 3.88. The van der Waals surface area contributed by atoms with Crippen molar-refractivity contribution in [3.63, 3.8) is 0 Å². The topological polar surface area (TPSA) is 59.8 Å². The number of likely N-dealkylation sites (N-methyl/N-ethyl adjacent to an activating group) is 1. The summed E-state index contributed by atoms with van der Waals surface area (Å²) in [5.41, 5.74) is 0.662. The van der Waals surface area contributed by atoms with Gasteiger partial charge in [0.05, 0.1) is 0 Å². The molecule has 1 aromatic heterocycles. The molecular weight excluding hydrogens is 356 g/mol. The van der Waals surface area contributed by atoms with E-state index < -0.39 is 0 Å².